The van der Waals surface area contributed by atoms with Crippen LogP contribution in [0.25, 0.3) is 0 Å². The number of ether oxygens (including phenoxy) is 5. The zero-order chi connectivity index (χ0) is 55.4. The van der Waals surface area contributed by atoms with E-state index in [2.05, 4.69) is 38.1 Å². The van der Waals surface area contributed by atoms with Crippen molar-refractivity contribution in [2.24, 2.45) is 0 Å². The molecule has 0 unspecified atom stereocenters. The summed E-state index contributed by atoms with van der Waals surface area (Å²) in [5.41, 5.74) is 5.22. The van der Waals surface area contributed by atoms with E-state index in [-0.39, 0.29) is 29.9 Å². The molecular formula is C63H60O11S3. The van der Waals surface area contributed by atoms with Crippen molar-refractivity contribution in [2.75, 3.05) is 21.3 Å². The van der Waals surface area contributed by atoms with Crippen molar-refractivity contribution < 1.29 is 48.9 Å². The maximum Gasteiger partial charge on any atom is 0.206 e. The molecule has 396 valence electrons. The number of benzene rings is 9. The average Bonchev–Trinajstić information content (AvgIpc) is 3.44. The summed E-state index contributed by atoms with van der Waals surface area (Å²) in [6, 6.07) is 63.0. The van der Waals surface area contributed by atoms with Crippen molar-refractivity contribution in [2.45, 2.75) is 69.4 Å². The van der Waals surface area contributed by atoms with Crippen LogP contribution in [0.3, 0.4) is 0 Å². The molecule has 0 heterocycles. The lowest BCUT2D eigenvalue weighted by Crippen LogP contribution is -2.18. The normalized spacial score (nSPS) is 11.4. The molecule has 9 rings (SSSR count). The minimum absolute atomic E-state index is 0.184. The Morgan fingerprint density at radius 2 is 0.429 bits per heavy atom. The van der Waals surface area contributed by atoms with Crippen molar-refractivity contribution in [3.8, 4) is 40.2 Å². The fraction of sp³-hybridized carbons (Fsp3) is 0.143. The van der Waals surface area contributed by atoms with E-state index >= 15 is 0 Å². The third kappa shape index (κ3) is 14.2. The van der Waals surface area contributed by atoms with E-state index in [0.29, 0.717) is 33.6 Å². The summed E-state index contributed by atoms with van der Waals surface area (Å²) < 4.78 is 103. The van der Waals surface area contributed by atoms with Crippen LogP contribution in [0.4, 0.5) is 0 Å². The Labute approximate surface area is 453 Å². The van der Waals surface area contributed by atoms with Crippen molar-refractivity contribution in [1.82, 2.24) is 0 Å². The fourth-order valence-corrected chi connectivity index (χ4v) is 11.5. The maximum absolute atomic E-state index is 12.9. The van der Waals surface area contributed by atoms with Crippen molar-refractivity contribution in [1.29, 1.82) is 0 Å². The van der Waals surface area contributed by atoms with E-state index in [0.717, 1.165) is 33.8 Å². The van der Waals surface area contributed by atoms with Crippen molar-refractivity contribution in [3.63, 3.8) is 0 Å². The van der Waals surface area contributed by atoms with Gasteiger partial charge in [0.15, 0.2) is 0 Å². The highest BCUT2D eigenvalue weighted by molar-refractivity contribution is 7.92. The Bertz CT molecular complexity index is 3700. The smallest absolute Gasteiger partial charge is 0.206 e. The molecule has 14 heteroatoms. The van der Waals surface area contributed by atoms with Crippen LogP contribution in [0.1, 0.15) is 41.7 Å². The first kappa shape index (κ1) is 56.6. The first-order chi connectivity index (χ1) is 36.7. The van der Waals surface area contributed by atoms with Gasteiger partial charge in [0.2, 0.25) is 29.5 Å². The number of rotatable bonds is 15. The predicted molar refractivity (Wildman–Crippen MR) is 300 cm³/mol. The van der Waals surface area contributed by atoms with E-state index in [1.165, 1.54) is 5.56 Å². The molecule has 9 aromatic rings. The molecule has 0 radical (unpaired) electrons. The van der Waals surface area contributed by atoms with Gasteiger partial charge in [-0.05, 0) is 190 Å². The SMILES string of the molecule is COc1ccc(C(C)(C)c2ccc(Oc3ccc(S(=O)(=O)c4ccc(C)cc4)cc3)cc2)cc1.COc1ccc(Oc2ccc(S(=O)(=O)c3ccc(C)cc3)cc2)cc1.COc1ccc(S(=O)(=O)c2ccc(C)cc2)cc1. The monoisotopic (exact) mass is 1090 g/mol. The molecular weight excluding hydrogens is 1030 g/mol. The van der Waals surface area contributed by atoms with Crippen LogP contribution in [0.5, 0.6) is 40.2 Å². The quantitative estimate of drug-likeness (QED) is 0.0965. The van der Waals surface area contributed by atoms with Gasteiger partial charge in [0.05, 0.1) is 50.7 Å². The second-order valence-electron chi connectivity index (χ2n) is 18.3. The Balaban J connectivity index is 0.000000177. The van der Waals surface area contributed by atoms with E-state index in [1.807, 2.05) is 45.0 Å². The molecule has 0 aromatic heterocycles. The average molecular weight is 1090 g/mol. The summed E-state index contributed by atoms with van der Waals surface area (Å²) in [5, 5.41) is 0. The molecule has 0 aliphatic carbocycles. The third-order valence-electron chi connectivity index (χ3n) is 12.6. The predicted octanol–water partition coefficient (Wildman–Crippen LogP) is 14.4. The van der Waals surface area contributed by atoms with Gasteiger partial charge >= 0.3 is 0 Å². The zero-order valence-electron chi connectivity index (χ0n) is 44.0. The fourth-order valence-electron chi connectivity index (χ4n) is 7.72. The lowest BCUT2D eigenvalue weighted by molar-refractivity contribution is 0.413. The summed E-state index contributed by atoms with van der Waals surface area (Å²) in [6.45, 7) is 10.1. The number of hydrogen-bond acceptors (Lipinski definition) is 11. The highest BCUT2D eigenvalue weighted by atomic mass is 32.2. The van der Waals surface area contributed by atoms with Gasteiger partial charge in [0.1, 0.15) is 40.2 Å². The second kappa shape index (κ2) is 24.7. The molecule has 0 bridgehead atoms. The minimum atomic E-state index is -3.56. The van der Waals surface area contributed by atoms with E-state index in [4.69, 9.17) is 23.7 Å². The number of methoxy groups -OCH3 is 3. The number of hydrogen-bond donors (Lipinski definition) is 0. The molecule has 0 atom stereocenters. The largest absolute Gasteiger partial charge is 0.497 e. The van der Waals surface area contributed by atoms with Crippen LogP contribution in [-0.4, -0.2) is 46.6 Å². The first-order valence-electron chi connectivity index (χ1n) is 24.3. The number of aryl methyl sites for hydroxylation is 3. The van der Waals surface area contributed by atoms with Gasteiger partial charge in [0, 0.05) is 5.41 Å². The maximum atomic E-state index is 12.9. The Morgan fingerprint density at radius 3 is 0.662 bits per heavy atom. The lowest BCUT2D eigenvalue weighted by atomic mass is 9.78. The Kier molecular flexibility index (Phi) is 18.1. The molecule has 0 aliphatic rings. The molecule has 11 nitrogen and oxygen atoms in total. The van der Waals surface area contributed by atoms with Gasteiger partial charge in [-0.3, -0.25) is 0 Å². The molecule has 0 N–H and O–H groups in total. The van der Waals surface area contributed by atoms with E-state index in [9.17, 15) is 25.3 Å². The molecule has 0 saturated heterocycles. The van der Waals surface area contributed by atoms with E-state index < -0.39 is 29.5 Å². The van der Waals surface area contributed by atoms with E-state index in [1.54, 1.807) is 191 Å². The van der Waals surface area contributed by atoms with Crippen LogP contribution in [0.15, 0.2) is 248 Å². The van der Waals surface area contributed by atoms with Crippen LogP contribution < -0.4 is 23.7 Å². The van der Waals surface area contributed by atoms with Crippen molar-refractivity contribution in [3.05, 3.63) is 246 Å². The van der Waals surface area contributed by atoms with Crippen LogP contribution >= 0.6 is 0 Å². The topological polar surface area (TPSA) is 149 Å². The molecule has 0 spiro atoms. The second-order valence-corrected chi connectivity index (χ2v) is 24.2. The molecule has 0 aliphatic heterocycles. The number of sulfone groups is 3. The molecule has 0 fully saturated rings. The first-order valence-corrected chi connectivity index (χ1v) is 28.7. The van der Waals surface area contributed by atoms with Crippen LogP contribution in [0, 0.1) is 20.8 Å². The van der Waals surface area contributed by atoms with Gasteiger partial charge in [-0.2, -0.15) is 0 Å². The summed E-state index contributed by atoms with van der Waals surface area (Å²) in [7, 11) is -5.72. The molecule has 77 heavy (non-hydrogen) atoms. The van der Waals surface area contributed by atoms with Gasteiger partial charge in [-0.25, -0.2) is 25.3 Å². The summed E-state index contributed by atoms with van der Waals surface area (Å²) >= 11 is 0. The third-order valence-corrected chi connectivity index (χ3v) is 17.9. The Hall–Kier alpha value is -8.17. The summed E-state index contributed by atoms with van der Waals surface area (Å²) in [5.74, 6) is 4.68. The van der Waals surface area contributed by atoms with Gasteiger partial charge in [0.25, 0.3) is 0 Å². The highest BCUT2D eigenvalue weighted by Crippen LogP contribution is 2.35. The van der Waals surface area contributed by atoms with Crippen molar-refractivity contribution >= 4 is 29.5 Å². The standard InChI is InChI=1S/C29H28O4S.C20H18O4S.C14H14O3S/c1-21-5-17-27(18-6-21)34(30,31)28-19-15-26(16-20-28)33-25-13-9-23(10-14-25)29(2,3)22-7-11-24(32-4)12-8-22;1-15-3-11-19(12-4-15)25(21,22)20-13-9-18(10-14-20)24-17-7-5-16(23-2)6-8-17;1-11-3-7-13(8-4-11)18(15,16)14-9-5-12(17-2)6-10-14/h5-20H,1-4H3;3-14H,1-2H3;3-10H,1-2H3. The molecule has 9 aromatic carbocycles. The lowest BCUT2D eigenvalue weighted by Gasteiger charge is -2.26. The van der Waals surface area contributed by atoms with Gasteiger partial charge < -0.3 is 23.7 Å². The summed E-state index contributed by atoms with van der Waals surface area (Å²) in [6.07, 6.45) is 0. The molecule has 0 saturated carbocycles. The van der Waals surface area contributed by atoms with Gasteiger partial charge in [-0.15, -0.1) is 0 Å². The zero-order valence-corrected chi connectivity index (χ0v) is 46.4. The highest BCUT2D eigenvalue weighted by Gasteiger charge is 2.24. The molecule has 0 amide bonds. The summed E-state index contributed by atoms with van der Waals surface area (Å²) in [4.78, 5) is 1.60. The van der Waals surface area contributed by atoms with Gasteiger partial charge in [-0.1, -0.05) is 91.2 Å². The van der Waals surface area contributed by atoms with Crippen LogP contribution in [-0.2, 0) is 34.9 Å². The van der Waals surface area contributed by atoms with Crippen LogP contribution in [0.2, 0.25) is 0 Å². The Morgan fingerprint density at radius 1 is 0.260 bits per heavy atom. The minimum Gasteiger partial charge on any atom is -0.497 e.